The third-order valence-corrected chi connectivity index (χ3v) is 6.61. The Labute approximate surface area is 110 Å². The molecule has 0 unspecified atom stereocenters. The molecule has 0 fully saturated rings. The zero-order valence-corrected chi connectivity index (χ0v) is 13.5. The standard InChI is InChI=1S/C10H25O6PSi/c1-5-10(6-2)16-18(14-3,15-4)9-7-8-17(11,12)13/h10H,5-9H2,1-4H3,(H2,11,12,13). The van der Waals surface area contributed by atoms with Gasteiger partial charge < -0.3 is 23.1 Å². The van der Waals surface area contributed by atoms with Gasteiger partial charge in [0.2, 0.25) is 0 Å². The van der Waals surface area contributed by atoms with Gasteiger partial charge in [-0.3, -0.25) is 4.57 Å². The summed E-state index contributed by atoms with van der Waals surface area (Å²) in [4.78, 5) is 17.7. The maximum absolute atomic E-state index is 10.8. The summed E-state index contributed by atoms with van der Waals surface area (Å²) in [5.41, 5.74) is 0. The maximum Gasteiger partial charge on any atom is 0.500 e. The van der Waals surface area contributed by atoms with Crippen molar-refractivity contribution in [2.45, 2.75) is 45.3 Å². The molecule has 0 heterocycles. The summed E-state index contributed by atoms with van der Waals surface area (Å²) in [5.74, 6) is 0. The van der Waals surface area contributed by atoms with Crippen molar-refractivity contribution >= 4 is 16.4 Å². The molecule has 0 bridgehead atoms. The van der Waals surface area contributed by atoms with Crippen LogP contribution in [0.3, 0.4) is 0 Å². The summed E-state index contributed by atoms with van der Waals surface area (Å²) in [6, 6.07) is 0.418. The first-order chi connectivity index (χ1) is 8.32. The first kappa shape index (κ1) is 18.2. The van der Waals surface area contributed by atoms with E-state index in [2.05, 4.69) is 0 Å². The first-order valence-electron chi connectivity index (χ1n) is 6.15. The molecule has 0 saturated carbocycles. The second kappa shape index (κ2) is 8.42. The second-order valence-corrected chi connectivity index (χ2v) is 8.83. The summed E-state index contributed by atoms with van der Waals surface area (Å²) in [6.45, 7) is 4.04. The largest absolute Gasteiger partial charge is 0.500 e. The second-order valence-electron chi connectivity index (χ2n) is 4.14. The van der Waals surface area contributed by atoms with Crippen molar-refractivity contribution in [3.8, 4) is 0 Å². The molecule has 0 aromatic carbocycles. The van der Waals surface area contributed by atoms with E-state index >= 15 is 0 Å². The van der Waals surface area contributed by atoms with Crippen LogP contribution in [-0.2, 0) is 17.8 Å². The third-order valence-electron chi connectivity index (χ3n) is 2.81. The van der Waals surface area contributed by atoms with Gasteiger partial charge in [-0.1, -0.05) is 13.8 Å². The molecule has 0 atom stereocenters. The van der Waals surface area contributed by atoms with Gasteiger partial charge in [0.15, 0.2) is 0 Å². The minimum Gasteiger partial charge on any atom is -0.377 e. The summed E-state index contributed by atoms with van der Waals surface area (Å²) >= 11 is 0. The van der Waals surface area contributed by atoms with E-state index in [1.54, 1.807) is 0 Å². The molecule has 0 aliphatic carbocycles. The van der Waals surface area contributed by atoms with Crippen LogP contribution in [-0.4, -0.2) is 45.1 Å². The van der Waals surface area contributed by atoms with E-state index in [9.17, 15) is 4.57 Å². The molecular formula is C10H25O6PSi. The number of hydrogen-bond donors (Lipinski definition) is 2. The molecule has 0 aromatic heterocycles. The van der Waals surface area contributed by atoms with Gasteiger partial charge in [0.1, 0.15) is 0 Å². The van der Waals surface area contributed by atoms with Crippen LogP contribution in [0.4, 0.5) is 0 Å². The van der Waals surface area contributed by atoms with Crippen molar-refractivity contribution in [3.05, 3.63) is 0 Å². The summed E-state index contributed by atoms with van der Waals surface area (Å²) in [7, 11) is -3.71. The molecule has 0 spiro atoms. The fourth-order valence-electron chi connectivity index (χ4n) is 1.65. The average molecular weight is 300 g/mol. The normalized spacial score (nSPS) is 13.3. The molecule has 110 valence electrons. The molecule has 0 aliphatic rings. The van der Waals surface area contributed by atoms with E-state index < -0.39 is 16.4 Å². The Bertz CT molecular complexity index is 261. The van der Waals surface area contributed by atoms with Crippen LogP contribution in [0.2, 0.25) is 6.04 Å². The fraction of sp³-hybridized carbons (Fsp3) is 1.00. The van der Waals surface area contributed by atoms with Gasteiger partial charge in [-0.05, 0) is 19.3 Å². The number of rotatable bonds is 10. The summed E-state index contributed by atoms with van der Waals surface area (Å²) in [6.07, 6.45) is 1.94. The summed E-state index contributed by atoms with van der Waals surface area (Å²) < 4.78 is 27.5. The van der Waals surface area contributed by atoms with Crippen molar-refractivity contribution in [3.63, 3.8) is 0 Å². The van der Waals surface area contributed by atoms with Gasteiger partial charge in [-0.15, -0.1) is 0 Å². The minimum atomic E-state index is -3.97. The Morgan fingerprint density at radius 1 is 1.17 bits per heavy atom. The molecule has 2 N–H and O–H groups in total. The monoisotopic (exact) mass is 300 g/mol. The molecule has 0 amide bonds. The smallest absolute Gasteiger partial charge is 0.377 e. The highest BCUT2D eigenvalue weighted by Gasteiger charge is 2.40. The van der Waals surface area contributed by atoms with E-state index in [0.717, 1.165) is 12.8 Å². The van der Waals surface area contributed by atoms with E-state index in [0.29, 0.717) is 12.5 Å². The predicted octanol–water partition coefficient (Wildman–Crippen LogP) is 1.99. The zero-order valence-electron chi connectivity index (χ0n) is 11.6. The minimum absolute atomic E-state index is 0.0617. The zero-order chi connectivity index (χ0) is 14.2. The van der Waals surface area contributed by atoms with Crippen molar-refractivity contribution < 1.29 is 27.6 Å². The Morgan fingerprint density at radius 3 is 2.00 bits per heavy atom. The van der Waals surface area contributed by atoms with E-state index in [1.165, 1.54) is 14.2 Å². The lowest BCUT2D eigenvalue weighted by molar-refractivity contribution is 0.0513. The molecule has 0 aromatic rings. The Hall–Kier alpha value is 0.247. The molecule has 8 heteroatoms. The Morgan fingerprint density at radius 2 is 1.67 bits per heavy atom. The van der Waals surface area contributed by atoms with E-state index in [-0.39, 0.29) is 12.3 Å². The van der Waals surface area contributed by atoms with Gasteiger partial charge in [0, 0.05) is 32.5 Å². The third kappa shape index (κ3) is 6.99. The topological polar surface area (TPSA) is 85.2 Å². The van der Waals surface area contributed by atoms with E-state index in [4.69, 9.17) is 23.1 Å². The van der Waals surface area contributed by atoms with Crippen LogP contribution >= 0.6 is 7.60 Å². The lowest BCUT2D eigenvalue weighted by Gasteiger charge is -2.30. The quantitative estimate of drug-likeness (QED) is 0.474. The van der Waals surface area contributed by atoms with Gasteiger partial charge in [-0.2, -0.15) is 0 Å². The molecule has 18 heavy (non-hydrogen) atoms. The molecule has 0 radical (unpaired) electrons. The Balaban J connectivity index is 4.46. The molecule has 0 aliphatic heterocycles. The van der Waals surface area contributed by atoms with Crippen LogP contribution in [0.1, 0.15) is 33.1 Å². The van der Waals surface area contributed by atoms with Gasteiger partial charge in [-0.25, -0.2) is 0 Å². The highest BCUT2D eigenvalue weighted by Crippen LogP contribution is 2.36. The van der Waals surface area contributed by atoms with Gasteiger partial charge >= 0.3 is 16.4 Å². The first-order valence-corrected chi connectivity index (χ1v) is 9.88. The number of hydrogen-bond acceptors (Lipinski definition) is 4. The predicted molar refractivity (Wildman–Crippen MR) is 71.6 cm³/mol. The van der Waals surface area contributed by atoms with Crippen molar-refractivity contribution in [2.24, 2.45) is 0 Å². The average Bonchev–Trinajstić information content (AvgIpc) is 2.32. The van der Waals surface area contributed by atoms with Crippen molar-refractivity contribution in [1.29, 1.82) is 0 Å². The van der Waals surface area contributed by atoms with Gasteiger partial charge in [0.25, 0.3) is 0 Å². The van der Waals surface area contributed by atoms with Crippen LogP contribution < -0.4 is 0 Å². The molecule has 0 saturated heterocycles. The molecular weight excluding hydrogens is 275 g/mol. The van der Waals surface area contributed by atoms with Crippen molar-refractivity contribution in [2.75, 3.05) is 20.4 Å². The lowest BCUT2D eigenvalue weighted by atomic mass is 10.2. The Kier molecular flexibility index (Phi) is 8.54. The van der Waals surface area contributed by atoms with Crippen molar-refractivity contribution in [1.82, 2.24) is 0 Å². The fourth-order valence-corrected chi connectivity index (χ4v) is 4.86. The lowest BCUT2D eigenvalue weighted by Crippen LogP contribution is -2.46. The van der Waals surface area contributed by atoms with Gasteiger partial charge in [0.05, 0.1) is 0 Å². The molecule has 6 nitrogen and oxygen atoms in total. The highest BCUT2D eigenvalue weighted by molar-refractivity contribution is 7.51. The summed E-state index contributed by atoms with van der Waals surface area (Å²) in [5, 5.41) is 0. The van der Waals surface area contributed by atoms with Crippen LogP contribution in [0.25, 0.3) is 0 Å². The van der Waals surface area contributed by atoms with Crippen LogP contribution in [0.5, 0.6) is 0 Å². The molecule has 0 rings (SSSR count). The van der Waals surface area contributed by atoms with E-state index in [1.807, 2.05) is 13.8 Å². The maximum atomic E-state index is 10.8. The SMILES string of the molecule is CCC(CC)O[Si](CCCP(=O)(O)O)(OC)OC. The highest BCUT2D eigenvalue weighted by atomic mass is 31.2. The van der Waals surface area contributed by atoms with Crippen LogP contribution in [0, 0.1) is 0 Å². The van der Waals surface area contributed by atoms with Crippen LogP contribution in [0.15, 0.2) is 0 Å².